The molecular formula is C20H23BrN2O5S. The Hall–Kier alpha value is -1.94. The van der Waals surface area contributed by atoms with Crippen molar-refractivity contribution < 1.29 is 22.7 Å². The predicted octanol–water partition coefficient (Wildman–Crippen LogP) is 3.51. The average molecular weight is 483 g/mol. The van der Waals surface area contributed by atoms with Crippen molar-refractivity contribution in [2.24, 2.45) is 0 Å². The van der Waals surface area contributed by atoms with Crippen molar-refractivity contribution >= 4 is 37.5 Å². The molecule has 1 aliphatic heterocycles. The minimum absolute atomic E-state index is 0.0765. The van der Waals surface area contributed by atoms with Crippen LogP contribution in [-0.4, -0.2) is 51.0 Å². The Kier molecular flexibility index (Phi) is 6.94. The van der Waals surface area contributed by atoms with Gasteiger partial charge in [0.25, 0.3) is 5.91 Å². The number of amides is 1. The van der Waals surface area contributed by atoms with E-state index in [-0.39, 0.29) is 16.9 Å². The highest BCUT2D eigenvalue weighted by atomic mass is 79.9. The highest BCUT2D eigenvalue weighted by Gasteiger charge is 2.26. The van der Waals surface area contributed by atoms with Crippen molar-refractivity contribution in [3.8, 4) is 5.75 Å². The lowest BCUT2D eigenvalue weighted by atomic mass is 10.1. The molecule has 2 aromatic carbocycles. The second-order valence-electron chi connectivity index (χ2n) is 6.80. The summed E-state index contributed by atoms with van der Waals surface area (Å²) in [4.78, 5) is 12.9. The Balaban J connectivity index is 1.76. The maximum Gasteiger partial charge on any atom is 0.259 e. The summed E-state index contributed by atoms with van der Waals surface area (Å²) in [5, 5.41) is 2.79. The van der Waals surface area contributed by atoms with Gasteiger partial charge >= 0.3 is 0 Å². The summed E-state index contributed by atoms with van der Waals surface area (Å²) in [7, 11) is -3.57. The molecule has 0 unspecified atom stereocenters. The molecule has 0 bridgehead atoms. The molecule has 0 atom stereocenters. The average Bonchev–Trinajstić information content (AvgIpc) is 2.70. The summed E-state index contributed by atoms with van der Waals surface area (Å²) < 4.78 is 38.5. The van der Waals surface area contributed by atoms with E-state index in [1.165, 1.54) is 16.4 Å². The fraction of sp³-hybridized carbons (Fsp3) is 0.350. The Morgan fingerprint density at radius 2 is 1.79 bits per heavy atom. The van der Waals surface area contributed by atoms with Gasteiger partial charge in [0.1, 0.15) is 5.75 Å². The summed E-state index contributed by atoms with van der Waals surface area (Å²) >= 11 is 3.37. The third kappa shape index (κ3) is 5.36. The van der Waals surface area contributed by atoms with Crippen LogP contribution in [0.15, 0.2) is 51.8 Å². The number of hydrogen-bond acceptors (Lipinski definition) is 5. The third-order valence-electron chi connectivity index (χ3n) is 4.27. The molecule has 0 saturated carbocycles. The molecule has 3 rings (SSSR count). The summed E-state index contributed by atoms with van der Waals surface area (Å²) in [6.45, 7) is 5.22. The Bertz CT molecular complexity index is 971. The lowest BCUT2D eigenvalue weighted by Gasteiger charge is -2.26. The van der Waals surface area contributed by atoms with Crippen molar-refractivity contribution in [2.75, 3.05) is 31.6 Å². The highest BCUT2D eigenvalue weighted by Crippen LogP contribution is 2.26. The second kappa shape index (κ2) is 9.25. The molecule has 0 aromatic heterocycles. The van der Waals surface area contributed by atoms with Crippen LogP contribution in [0.3, 0.4) is 0 Å². The van der Waals surface area contributed by atoms with Crippen LogP contribution in [0.25, 0.3) is 0 Å². The van der Waals surface area contributed by atoms with Crippen molar-refractivity contribution in [3.05, 3.63) is 52.5 Å². The van der Waals surface area contributed by atoms with Crippen LogP contribution < -0.4 is 10.1 Å². The smallest absolute Gasteiger partial charge is 0.259 e. The van der Waals surface area contributed by atoms with Crippen LogP contribution in [0.4, 0.5) is 5.69 Å². The molecule has 1 fully saturated rings. The van der Waals surface area contributed by atoms with E-state index in [0.717, 1.165) is 4.47 Å². The highest BCUT2D eigenvalue weighted by molar-refractivity contribution is 9.10. The molecule has 1 amide bonds. The van der Waals surface area contributed by atoms with Gasteiger partial charge in [-0.05, 0) is 56.3 Å². The molecule has 29 heavy (non-hydrogen) atoms. The minimum atomic E-state index is -3.57. The predicted molar refractivity (Wildman–Crippen MR) is 114 cm³/mol. The van der Waals surface area contributed by atoms with Crippen LogP contribution in [0.1, 0.15) is 24.2 Å². The normalized spacial score (nSPS) is 15.3. The molecule has 156 valence electrons. The first-order valence-electron chi connectivity index (χ1n) is 9.23. The number of hydrogen-bond donors (Lipinski definition) is 1. The molecule has 2 aromatic rings. The number of halogens is 1. The molecular weight excluding hydrogens is 460 g/mol. The van der Waals surface area contributed by atoms with Crippen molar-refractivity contribution in [3.63, 3.8) is 0 Å². The summed E-state index contributed by atoms with van der Waals surface area (Å²) in [5.41, 5.74) is 0.879. The fourth-order valence-corrected chi connectivity index (χ4v) is 4.65. The third-order valence-corrected chi connectivity index (χ3v) is 6.68. The topological polar surface area (TPSA) is 84.9 Å². The van der Waals surface area contributed by atoms with E-state index in [1.807, 2.05) is 13.8 Å². The first kappa shape index (κ1) is 21.8. The molecule has 7 nitrogen and oxygen atoms in total. The van der Waals surface area contributed by atoms with E-state index in [4.69, 9.17) is 9.47 Å². The second-order valence-corrected chi connectivity index (χ2v) is 9.66. The van der Waals surface area contributed by atoms with E-state index < -0.39 is 10.0 Å². The van der Waals surface area contributed by atoms with Crippen LogP contribution in [0.2, 0.25) is 0 Å². The molecule has 0 spiro atoms. The fourth-order valence-electron chi connectivity index (χ4n) is 2.88. The van der Waals surface area contributed by atoms with Gasteiger partial charge in [0.05, 0.1) is 29.8 Å². The largest absolute Gasteiger partial charge is 0.490 e. The van der Waals surface area contributed by atoms with Gasteiger partial charge in [-0.25, -0.2) is 8.42 Å². The molecule has 1 N–H and O–H groups in total. The van der Waals surface area contributed by atoms with E-state index in [2.05, 4.69) is 21.2 Å². The summed E-state index contributed by atoms with van der Waals surface area (Å²) in [6, 6.07) is 11.4. The maximum atomic E-state index is 12.7. The number of rotatable bonds is 6. The van der Waals surface area contributed by atoms with Crippen LogP contribution in [0, 0.1) is 0 Å². The van der Waals surface area contributed by atoms with Crippen LogP contribution in [0.5, 0.6) is 5.75 Å². The molecule has 0 aliphatic carbocycles. The van der Waals surface area contributed by atoms with Crippen molar-refractivity contribution in [1.82, 2.24) is 4.31 Å². The van der Waals surface area contributed by atoms with Crippen molar-refractivity contribution in [1.29, 1.82) is 0 Å². The molecule has 1 saturated heterocycles. The number of ether oxygens (including phenoxy) is 2. The number of morpholine rings is 1. The summed E-state index contributed by atoms with van der Waals surface area (Å²) in [5.74, 6) is 0.137. The van der Waals surface area contributed by atoms with E-state index in [0.29, 0.717) is 43.3 Å². The summed E-state index contributed by atoms with van der Waals surface area (Å²) in [6.07, 6.45) is -0.0765. The zero-order valence-corrected chi connectivity index (χ0v) is 18.6. The minimum Gasteiger partial charge on any atom is -0.490 e. The number of anilines is 1. The van der Waals surface area contributed by atoms with E-state index in [1.54, 1.807) is 30.3 Å². The Morgan fingerprint density at radius 3 is 2.41 bits per heavy atom. The molecule has 1 aliphatic rings. The van der Waals surface area contributed by atoms with Crippen LogP contribution in [-0.2, 0) is 14.8 Å². The van der Waals surface area contributed by atoms with Gasteiger partial charge in [0, 0.05) is 23.2 Å². The first-order chi connectivity index (χ1) is 13.8. The SMILES string of the molecule is CC(C)Oc1ccc(Br)cc1C(=O)Nc1ccc(S(=O)(=O)N2CCOCC2)cc1. The van der Waals surface area contributed by atoms with Gasteiger partial charge in [-0.15, -0.1) is 0 Å². The monoisotopic (exact) mass is 482 g/mol. The van der Waals surface area contributed by atoms with E-state index in [9.17, 15) is 13.2 Å². The van der Waals surface area contributed by atoms with Gasteiger partial charge in [0.2, 0.25) is 10.0 Å². The first-order valence-corrected chi connectivity index (χ1v) is 11.5. The Morgan fingerprint density at radius 1 is 1.14 bits per heavy atom. The number of benzene rings is 2. The van der Waals surface area contributed by atoms with Gasteiger partial charge in [-0.2, -0.15) is 4.31 Å². The van der Waals surface area contributed by atoms with Gasteiger partial charge in [-0.3, -0.25) is 4.79 Å². The number of carbonyl (C=O) groups excluding carboxylic acids is 1. The lowest BCUT2D eigenvalue weighted by molar-refractivity contribution is 0.0730. The zero-order valence-electron chi connectivity index (χ0n) is 16.2. The van der Waals surface area contributed by atoms with Gasteiger partial charge in [0.15, 0.2) is 0 Å². The number of sulfonamides is 1. The maximum absolute atomic E-state index is 12.7. The lowest BCUT2D eigenvalue weighted by Crippen LogP contribution is -2.40. The number of nitrogens with zero attached hydrogens (tertiary/aromatic N) is 1. The standard InChI is InChI=1S/C20H23BrN2O5S/c1-14(2)28-19-8-3-15(21)13-18(19)20(24)22-16-4-6-17(7-5-16)29(25,26)23-9-11-27-12-10-23/h3-8,13-14H,9-12H2,1-2H3,(H,22,24). The van der Waals surface area contributed by atoms with Crippen LogP contribution >= 0.6 is 15.9 Å². The van der Waals surface area contributed by atoms with Gasteiger partial charge in [-0.1, -0.05) is 15.9 Å². The molecule has 0 radical (unpaired) electrons. The zero-order chi connectivity index (χ0) is 21.0. The number of carbonyl (C=O) groups is 1. The number of nitrogens with one attached hydrogen (secondary N) is 1. The molecule has 9 heteroatoms. The van der Waals surface area contributed by atoms with Crippen molar-refractivity contribution in [2.45, 2.75) is 24.8 Å². The van der Waals surface area contributed by atoms with Gasteiger partial charge < -0.3 is 14.8 Å². The van der Waals surface area contributed by atoms with E-state index >= 15 is 0 Å². The Labute approximate surface area is 179 Å². The molecule has 1 heterocycles. The quantitative estimate of drug-likeness (QED) is 0.680.